The van der Waals surface area contributed by atoms with Crippen LogP contribution in [0.3, 0.4) is 0 Å². The Morgan fingerprint density at radius 3 is 3.19 bits per heavy atom. The van der Waals surface area contributed by atoms with Crippen molar-refractivity contribution < 1.29 is 14.6 Å². The van der Waals surface area contributed by atoms with Crippen LogP contribution in [0.15, 0.2) is 5.11 Å². The van der Waals surface area contributed by atoms with Crippen molar-refractivity contribution in [1.82, 2.24) is 20.2 Å². The number of hydrogen-bond donors (Lipinski definition) is 1. The highest BCUT2D eigenvalue weighted by Gasteiger charge is 2.20. The number of methoxy groups -OCH3 is 1. The third kappa shape index (κ3) is 2.65. The number of carbonyl (C=O) groups excluding carboxylic acids is 1. The van der Waals surface area contributed by atoms with Gasteiger partial charge in [0.25, 0.3) is 0 Å². The molecule has 0 aliphatic rings. The molecule has 1 heterocycles. The number of hydrogen-bond acceptors (Lipinski definition) is 7. The Hall–Kier alpha value is -2.19. The van der Waals surface area contributed by atoms with Crippen LogP contribution in [0, 0.1) is 0 Å². The number of tetrazole rings is 1. The van der Waals surface area contributed by atoms with Gasteiger partial charge in [-0.1, -0.05) is 5.11 Å². The first-order valence-electron chi connectivity index (χ1n) is 4.26. The molecule has 0 aliphatic carbocycles. The van der Waals surface area contributed by atoms with Crippen LogP contribution in [-0.4, -0.2) is 45.1 Å². The van der Waals surface area contributed by atoms with Crippen molar-refractivity contribution in [2.45, 2.75) is 12.5 Å². The van der Waals surface area contributed by atoms with Gasteiger partial charge >= 0.3 is 6.09 Å². The van der Waals surface area contributed by atoms with Gasteiger partial charge in [0.05, 0.1) is 7.11 Å². The molecule has 86 valence electrons. The van der Waals surface area contributed by atoms with Crippen molar-refractivity contribution in [3.8, 4) is 0 Å². The standard InChI is InChI=1S/C6H9N7O3/c1-16-6(15)13-5(9-11-12-13)4(14)2-3-8-10-7/h4,14H,2-3H2,1H3/t4-/m0/s1. The summed E-state index contributed by atoms with van der Waals surface area (Å²) in [5.41, 5.74) is 8.05. The van der Waals surface area contributed by atoms with E-state index in [2.05, 4.69) is 30.3 Å². The van der Waals surface area contributed by atoms with Gasteiger partial charge in [0, 0.05) is 11.5 Å². The lowest BCUT2D eigenvalue weighted by molar-refractivity contribution is 0.141. The summed E-state index contributed by atoms with van der Waals surface area (Å²) < 4.78 is 5.14. The molecule has 0 saturated heterocycles. The molecular weight excluding hydrogens is 218 g/mol. The molecule has 1 aromatic heterocycles. The molecule has 0 saturated carbocycles. The molecule has 1 rings (SSSR count). The average Bonchev–Trinajstić information content (AvgIpc) is 2.77. The number of carbonyl (C=O) groups is 1. The van der Waals surface area contributed by atoms with E-state index in [4.69, 9.17) is 5.53 Å². The molecule has 1 atom stereocenters. The van der Waals surface area contributed by atoms with Crippen LogP contribution in [0.5, 0.6) is 0 Å². The van der Waals surface area contributed by atoms with Gasteiger partial charge in [-0.3, -0.25) is 0 Å². The van der Waals surface area contributed by atoms with Crippen molar-refractivity contribution in [3.63, 3.8) is 0 Å². The van der Waals surface area contributed by atoms with Crippen molar-refractivity contribution in [2.24, 2.45) is 5.11 Å². The zero-order valence-corrected chi connectivity index (χ0v) is 8.39. The molecule has 0 aliphatic heterocycles. The fourth-order valence-electron chi connectivity index (χ4n) is 0.972. The zero-order valence-electron chi connectivity index (χ0n) is 8.39. The third-order valence-electron chi connectivity index (χ3n) is 1.71. The summed E-state index contributed by atoms with van der Waals surface area (Å²) in [6.07, 6.45) is -1.79. The Morgan fingerprint density at radius 1 is 1.81 bits per heavy atom. The second kappa shape index (κ2) is 5.63. The van der Waals surface area contributed by atoms with Gasteiger partial charge in [0.15, 0.2) is 5.82 Å². The van der Waals surface area contributed by atoms with Gasteiger partial charge in [-0.2, -0.15) is 0 Å². The number of aliphatic hydroxyl groups is 1. The van der Waals surface area contributed by atoms with Crippen molar-refractivity contribution in [1.29, 1.82) is 0 Å². The minimum Gasteiger partial charge on any atom is -0.451 e. The summed E-state index contributed by atoms with van der Waals surface area (Å²) >= 11 is 0. The zero-order chi connectivity index (χ0) is 12.0. The van der Waals surface area contributed by atoms with E-state index in [0.29, 0.717) is 0 Å². The number of aromatic nitrogens is 4. The molecule has 0 aromatic carbocycles. The first kappa shape index (κ1) is 11.9. The van der Waals surface area contributed by atoms with Crippen LogP contribution in [0.25, 0.3) is 10.4 Å². The fraction of sp³-hybridized carbons (Fsp3) is 0.667. The number of aliphatic hydroxyl groups excluding tert-OH is 1. The lowest BCUT2D eigenvalue weighted by Gasteiger charge is -2.06. The summed E-state index contributed by atoms with van der Waals surface area (Å²) in [5, 5.41) is 22.9. The summed E-state index contributed by atoms with van der Waals surface area (Å²) in [6, 6.07) is 0. The lowest BCUT2D eigenvalue weighted by Crippen LogP contribution is -2.19. The first-order chi connectivity index (χ1) is 7.70. The monoisotopic (exact) mass is 227 g/mol. The Bertz CT molecular complexity index is 410. The third-order valence-corrected chi connectivity index (χ3v) is 1.71. The Morgan fingerprint density at radius 2 is 2.56 bits per heavy atom. The molecule has 1 aromatic rings. The smallest absolute Gasteiger partial charge is 0.437 e. The Kier molecular flexibility index (Phi) is 4.18. The molecule has 0 radical (unpaired) electrons. The SMILES string of the molecule is COC(=O)n1nnnc1[C@@H](O)CCN=[N+]=[N-]. The molecule has 10 heteroatoms. The lowest BCUT2D eigenvalue weighted by atomic mass is 10.2. The van der Waals surface area contributed by atoms with E-state index in [9.17, 15) is 9.90 Å². The molecular formula is C6H9N7O3. The van der Waals surface area contributed by atoms with E-state index in [0.717, 1.165) is 4.68 Å². The fourth-order valence-corrected chi connectivity index (χ4v) is 0.972. The summed E-state index contributed by atoms with van der Waals surface area (Å²) in [6.45, 7) is 0.0751. The van der Waals surface area contributed by atoms with Gasteiger partial charge in [-0.15, -0.1) is 9.78 Å². The molecule has 0 bridgehead atoms. The predicted molar refractivity (Wildman–Crippen MR) is 49.2 cm³/mol. The highest BCUT2D eigenvalue weighted by atomic mass is 16.5. The van der Waals surface area contributed by atoms with Crippen LogP contribution in [-0.2, 0) is 4.74 Å². The van der Waals surface area contributed by atoms with Crippen LogP contribution in [0.1, 0.15) is 18.3 Å². The maximum absolute atomic E-state index is 11.1. The predicted octanol–water partition coefficient (Wildman–Crippen LogP) is 0.0214. The van der Waals surface area contributed by atoms with Gasteiger partial charge in [-0.05, 0) is 22.4 Å². The molecule has 16 heavy (non-hydrogen) atoms. The summed E-state index contributed by atoms with van der Waals surface area (Å²) in [4.78, 5) is 13.7. The van der Waals surface area contributed by atoms with E-state index in [1.165, 1.54) is 7.11 Å². The second-order valence-corrected chi connectivity index (χ2v) is 2.68. The van der Waals surface area contributed by atoms with Gasteiger partial charge in [0.2, 0.25) is 0 Å². The Labute approximate surface area is 89.4 Å². The van der Waals surface area contributed by atoms with Crippen LogP contribution in [0.2, 0.25) is 0 Å². The normalized spacial score (nSPS) is 11.6. The minimum atomic E-state index is -1.10. The van der Waals surface area contributed by atoms with Gasteiger partial charge < -0.3 is 9.84 Å². The first-order valence-corrected chi connectivity index (χ1v) is 4.26. The van der Waals surface area contributed by atoms with Crippen LogP contribution < -0.4 is 0 Å². The minimum absolute atomic E-state index is 0.0556. The topological polar surface area (TPSA) is 139 Å². The van der Waals surface area contributed by atoms with Crippen LogP contribution >= 0.6 is 0 Å². The second-order valence-electron chi connectivity index (χ2n) is 2.68. The largest absolute Gasteiger partial charge is 0.451 e. The Balaban J connectivity index is 2.75. The van der Waals surface area contributed by atoms with E-state index in [-0.39, 0.29) is 18.8 Å². The molecule has 10 nitrogen and oxygen atoms in total. The van der Waals surface area contributed by atoms with Crippen molar-refractivity contribution in [2.75, 3.05) is 13.7 Å². The van der Waals surface area contributed by atoms with E-state index < -0.39 is 12.2 Å². The highest BCUT2D eigenvalue weighted by Crippen LogP contribution is 2.12. The number of nitrogens with zero attached hydrogens (tertiary/aromatic N) is 7. The van der Waals surface area contributed by atoms with Gasteiger partial charge in [-0.25, -0.2) is 4.79 Å². The maximum atomic E-state index is 11.1. The summed E-state index contributed by atoms with van der Waals surface area (Å²) in [7, 11) is 1.17. The molecule has 0 amide bonds. The molecule has 0 fully saturated rings. The highest BCUT2D eigenvalue weighted by molar-refractivity contribution is 5.69. The number of ether oxygens (including phenoxy) is 1. The van der Waals surface area contributed by atoms with Crippen molar-refractivity contribution in [3.05, 3.63) is 16.3 Å². The molecule has 0 unspecified atom stereocenters. The van der Waals surface area contributed by atoms with E-state index in [1.807, 2.05) is 0 Å². The van der Waals surface area contributed by atoms with Crippen molar-refractivity contribution >= 4 is 6.09 Å². The number of azide groups is 1. The molecule has 0 spiro atoms. The maximum Gasteiger partial charge on any atom is 0.437 e. The van der Waals surface area contributed by atoms with E-state index >= 15 is 0 Å². The average molecular weight is 227 g/mol. The quantitative estimate of drug-likeness (QED) is 0.333. The van der Waals surface area contributed by atoms with Gasteiger partial charge in [0.1, 0.15) is 6.10 Å². The van der Waals surface area contributed by atoms with Crippen LogP contribution in [0.4, 0.5) is 4.79 Å². The number of rotatable bonds is 4. The van der Waals surface area contributed by atoms with E-state index in [1.54, 1.807) is 0 Å². The summed E-state index contributed by atoms with van der Waals surface area (Å²) in [5.74, 6) is -0.0556. The molecule has 1 N–H and O–H groups in total.